The minimum absolute atomic E-state index is 0.586. The number of hydrogen-bond donors (Lipinski definition) is 1. The summed E-state index contributed by atoms with van der Waals surface area (Å²) in [4.78, 5) is 1.31. The number of aromatic nitrogens is 1. The monoisotopic (exact) mass is 323 g/mol. The van der Waals surface area contributed by atoms with Crippen molar-refractivity contribution in [3.05, 3.63) is 37.6 Å². The first kappa shape index (κ1) is 13.2. The lowest BCUT2D eigenvalue weighted by Gasteiger charge is -2.07. The Morgan fingerprint density at radius 1 is 1.44 bits per heavy atom. The largest absolute Gasteiger partial charge is 0.384 e. The normalized spacial score (nSPS) is 10.6. The molecule has 0 aliphatic heterocycles. The van der Waals surface area contributed by atoms with Crippen molar-refractivity contribution in [1.82, 2.24) is 4.57 Å². The molecule has 0 saturated carbocycles. The van der Waals surface area contributed by atoms with Crippen molar-refractivity contribution in [3.63, 3.8) is 0 Å². The highest BCUT2D eigenvalue weighted by Crippen LogP contribution is 2.26. The van der Waals surface area contributed by atoms with E-state index in [2.05, 4.69) is 34.1 Å². The molecular formula is C13H14BrN3S. The van der Waals surface area contributed by atoms with Crippen LogP contribution < -0.4 is 5.73 Å². The molecule has 0 atom stereocenters. The summed E-state index contributed by atoms with van der Waals surface area (Å²) in [6, 6.07) is 6.34. The fourth-order valence-electron chi connectivity index (χ4n) is 2.03. The molecule has 0 fully saturated rings. The molecule has 0 aliphatic carbocycles. The molecule has 2 N–H and O–H groups in total. The van der Waals surface area contributed by atoms with Crippen LogP contribution in [-0.4, -0.2) is 4.57 Å². The molecule has 0 saturated heterocycles. The maximum absolute atomic E-state index is 9.08. The van der Waals surface area contributed by atoms with Crippen molar-refractivity contribution < 1.29 is 0 Å². The van der Waals surface area contributed by atoms with E-state index >= 15 is 0 Å². The summed E-state index contributed by atoms with van der Waals surface area (Å²) in [6.07, 6.45) is 0.931. The lowest BCUT2D eigenvalue weighted by Crippen LogP contribution is -2.06. The highest BCUT2D eigenvalue weighted by molar-refractivity contribution is 9.11. The van der Waals surface area contributed by atoms with E-state index < -0.39 is 0 Å². The third-order valence-electron chi connectivity index (χ3n) is 3.19. The van der Waals surface area contributed by atoms with E-state index in [-0.39, 0.29) is 0 Å². The van der Waals surface area contributed by atoms with Crippen LogP contribution in [0.3, 0.4) is 0 Å². The van der Waals surface area contributed by atoms with E-state index in [0.717, 1.165) is 28.0 Å². The van der Waals surface area contributed by atoms with Gasteiger partial charge in [-0.2, -0.15) is 5.26 Å². The summed E-state index contributed by atoms with van der Waals surface area (Å²) in [5, 5.41) is 9.08. The van der Waals surface area contributed by atoms with Crippen molar-refractivity contribution in [2.45, 2.75) is 26.8 Å². The lowest BCUT2D eigenvalue weighted by atomic mass is 10.2. The zero-order chi connectivity index (χ0) is 13.3. The Hall–Kier alpha value is -1.25. The van der Waals surface area contributed by atoms with Gasteiger partial charge in [-0.1, -0.05) is 0 Å². The molecule has 0 aliphatic rings. The number of rotatable bonds is 3. The molecule has 3 nitrogen and oxygen atoms in total. The van der Waals surface area contributed by atoms with E-state index in [0.29, 0.717) is 11.4 Å². The number of aryl methyl sites for hydroxylation is 1. The maximum Gasteiger partial charge on any atom is 0.122 e. The standard InChI is InChI=1S/C13H14BrN3S/c1-8-9(2)17(13(16)11(8)7-15)6-5-10-3-4-12(14)18-10/h3-4H,5-6,16H2,1-2H3. The average Bonchev–Trinajstić information content (AvgIpc) is 2.83. The molecule has 2 rings (SSSR count). The fraction of sp³-hybridized carbons (Fsp3) is 0.308. The highest BCUT2D eigenvalue weighted by Gasteiger charge is 2.14. The predicted molar refractivity (Wildman–Crippen MR) is 78.8 cm³/mol. The number of thiophene rings is 1. The summed E-state index contributed by atoms with van der Waals surface area (Å²) < 4.78 is 3.17. The molecule has 94 valence electrons. The number of nitrogens with zero attached hydrogens (tertiary/aromatic N) is 2. The van der Waals surface area contributed by atoms with Gasteiger partial charge in [0.2, 0.25) is 0 Å². The van der Waals surface area contributed by atoms with Crippen molar-refractivity contribution in [2.24, 2.45) is 0 Å². The Morgan fingerprint density at radius 2 is 2.17 bits per heavy atom. The number of nitrogen functional groups attached to an aromatic ring is 1. The van der Waals surface area contributed by atoms with Crippen LogP contribution in [0, 0.1) is 25.2 Å². The minimum atomic E-state index is 0.586. The Bertz CT molecular complexity index is 619. The van der Waals surface area contributed by atoms with Gasteiger partial charge in [0.05, 0.1) is 9.35 Å². The summed E-state index contributed by atoms with van der Waals surface area (Å²) in [5.41, 5.74) is 8.70. The van der Waals surface area contributed by atoms with Gasteiger partial charge in [-0.25, -0.2) is 0 Å². The topological polar surface area (TPSA) is 54.7 Å². The van der Waals surface area contributed by atoms with Gasteiger partial charge in [0.15, 0.2) is 0 Å². The number of nitriles is 1. The van der Waals surface area contributed by atoms with Gasteiger partial charge in [0.1, 0.15) is 11.9 Å². The number of nitrogens with two attached hydrogens (primary N) is 1. The Labute approximate surface area is 119 Å². The van der Waals surface area contributed by atoms with E-state index in [4.69, 9.17) is 11.0 Å². The van der Waals surface area contributed by atoms with Crippen molar-refractivity contribution in [2.75, 3.05) is 5.73 Å². The average molecular weight is 324 g/mol. The van der Waals surface area contributed by atoms with Crippen LogP contribution >= 0.6 is 27.3 Å². The summed E-state index contributed by atoms with van der Waals surface area (Å²) in [6.45, 7) is 4.77. The first-order chi connectivity index (χ1) is 8.54. The van der Waals surface area contributed by atoms with Gasteiger partial charge in [-0.15, -0.1) is 11.3 Å². The van der Waals surface area contributed by atoms with Crippen molar-refractivity contribution in [1.29, 1.82) is 5.26 Å². The van der Waals surface area contributed by atoms with E-state index in [1.54, 1.807) is 11.3 Å². The Morgan fingerprint density at radius 3 is 2.67 bits per heavy atom. The molecule has 0 unspecified atom stereocenters. The Balaban J connectivity index is 2.23. The lowest BCUT2D eigenvalue weighted by molar-refractivity contribution is 0.694. The van der Waals surface area contributed by atoms with E-state index in [1.807, 2.05) is 18.4 Å². The quantitative estimate of drug-likeness (QED) is 0.937. The second-order valence-electron chi connectivity index (χ2n) is 4.19. The zero-order valence-electron chi connectivity index (χ0n) is 10.3. The van der Waals surface area contributed by atoms with E-state index in [9.17, 15) is 0 Å². The number of halogens is 1. The maximum atomic E-state index is 9.08. The minimum Gasteiger partial charge on any atom is -0.384 e. The molecule has 0 spiro atoms. The third-order valence-corrected chi connectivity index (χ3v) is 4.88. The first-order valence-corrected chi connectivity index (χ1v) is 7.25. The van der Waals surface area contributed by atoms with Crippen LogP contribution in [0.2, 0.25) is 0 Å². The second-order valence-corrected chi connectivity index (χ2v) is 6.74. The molecule has 2 heterocycles. The Kier molecular flexibility index (Phi) is 3.79. The van der Waals surface area contributed by atoms with Crippen molar-refractivity contribution >= 4 is 33.1 Å². The molecule has 2 aromatic heterocycles. The molecule has 0 radical (unpaired) electrons. The molecule has 0 aromatic carbocycles. The van der Waals surface area contributed by atoms with E-state index in [1.165, 1.54) is 4.88 Å². The van der Waals surface area contributed by atoms with Gasteiger partial charge in [0, 0.05) is 17.1 Å². The van der Waals surface area contributed by atoms with Crippen LogP contribution in [0.25, 0.3) is 0 Å². The highest BCUT2D eigenvalue weighted by atomic mass is 79.9. The first-order valence-electron chi connectivity index (χ1n) is 5.64. The van der Waals surface area contributed by atoms with Gasteiger partial charge in [-0.3, -0.25) is 0 Å². The summed E-state index contributed by atoms with van der Waals surface area (Å²) in [5.74, 6) is 0.586. The van der Waals surface area contributed by atoms with Gasteiger partial charge in [-0.05, 0) is 53.9 Å². The van der Waals surface area contributed by atoms with Crippen LogP contribution in [0.4, 0.5) is 5.82 Å². The molecule has 18 heavy (non-hydrogen) atoms. The van der Waals surface area contributed by atoms with Crippen molar-refractivity contribution in [3.8, 4) is 6.07 Å². The third kappa shape index (κ3) is 2.31. The summed E-state index contributed by atoms with van der Waals surface area (Å²) >= 11 is 5.19. The molecular weight excluding hydrogens is 310 g/mol. The fourth-order valence-corrected chi connectivity index (χ4v) is 3.50. The SMILES string of the molecule is Cc1c(C#N)c(N)n(CCc2ccc(Br)s2)c1C. The molecule has 0 bridgehead atoms. The molecule has 5 heteroatoms. The second kappa shape index (κ2) is 5.17. The van der Waals surface area contributed by atoms with Crippen LogP contribution in [0.5, 0.6) is 0 Å². The van der Waals surface area contributed by atoms with Gasteiger partial charge in [0.25, 0.3) is 0 Å². The molecule has 2 aromatic rings. The van der Waals surface area contributed by atoms with Crippen LogP contribution in [0.15, 0.2) is 15.9 Å². The summed E-state index contributed by atoms with van der Waals surface area (Å²) in [7, 11) is 0. The van der Waals surface area contributed by atoms with Crippen LogP contribution in [-0.2, 0) is 13.0 Å². The van der Waals surface area contributed by atoms with Crippen LogP contribution in [0.1, 0.15) is 21.7 Å². The zero-order valence-corrected chi connectivity index (χ0v) is 12.7. The molecule has 0 amide bonds. The number of anilines is 1. The van der Waals surface area contributed by atoms with Gasteiger partial charge >= 0.3 is 0 Å². The van der Waals surface area contributed by atoms with Gasteiger partial charge < -0.3 is 10.3 Å². The smallest absolute Gasteiger partial charge is 0.122 e. The predicted octanol–water partition coefficient (Wildman–Crippen LogP) is 3.63. The number of hydrogen-bond acceptors (Lipinski definition) is 3.